The summed E-state index contributed by atoms with van der Waals surface area (Å²) < 4.78 is 0. The van der Waals surface area contributed by atoms with Crippen LogP contribution in [-0.4, -0.2) is 29.0 Å². The third-order valence-corrected chi connectivity index (χ3v) is 4.92. The first-order valence-electron chi connectivity index (χ1n) is 9.60. The normalized spacial score (nSPS) is 14.1. The van der Waals surface area contributed by atoms with Gasteiger partial charge in [0.1, 0.15) is 0 Å². The first-order valence-corrected chi connectivity index (χ1v) is 9.60. The van der Waals surface area contributed by atoms with Crippen molar-refractivity contribution in [1.82, 2.24) is 20.6 Å². The molecule has 1 aromatic carbocycles. The van der Waals surface area contributed by atoms with Crippen molar-refractivity contribution < 1.29 is 4.79 Å². The van der Waals surface area contributed by atoms with Crippen LogP contribution in [0.3, 0.4) is 0 Å². The molecule has 4 N–H and O–H groups in total. The number of nitriles is 2. The quantitative estimate of drug-likeness (QED) is 0.528. The van der Waals surface area contributed by atoms with E-state index in [4.69, 9.17) is 0 Å². The highest BCUT2D eigenvalue weighted by Crippen LogP contribution is 2.37. The maximum Gasteiger partial charge on any atom is 0.238 e. The minimum atomic E-state index is -0.453. The topological polar surface area (TPSA) is 129 Å². The number of H-pyrrole nitrogens is 1. The Morgan fingerprint density at radius 2 is 1.93 bits per heavy atom. The maximum atomic E-state index is 12.3. The molecule has 8 heteroatoms. The van der Waals surface area contributed by atoms with Crippen molar-refractivity contribution in [3.05, 3.63) is 70.6 Å². The average molecular weight is 401 g/mol. The second-order valence-electron chi connectivity index (χ2n) is 7.04. The van der Waals surface area contributed by atoms with Gasteiger partial charge in [0.15, 0.2) is 0 Å². The predicted molar refractivity (Wildman–Crippen MR) is 113 cm³/mol. The van der Waals surface area contributed by atoms with Crippen molar-refractivity contribution in [1.29, 1.82) is 10.5 Å². The molecule has 1 aromatic heterocycles. The van der Waals surface area contributed by atoms with E-state index in [1.165, 1.54) is 0 Å². The van der Waals surface area contributed by atoms with Crippen molar-refractivity contribution in [3.8, 4) is 12.1 Å². The van der Waals surface area contributed by atoms with E-state index in [0.29, 0.717) is 23.4 Å². The lowest BCUT2D eigenvalue weighted by molar-refractivity contribution is -0.115. The number of anilines is 1. The second-order valence-corrected chi connectivity index (χ2v) is 7.04. The molecule has 2 aromatic rings. The number of rotatable bonds is 7. The molecule has 0 saturated heterocycles. The number of hydrogen-bond donors (Lipinski definition) is 4. The third-order valence-electron chi connectivity index (χ3n) is 4.92. The molecule has 3 rings (SSSR count). The van der Waals surface area contributed by atoms with Gasteiger partial charge in [0.2, 0.25) is 5.91 Å². The fraction of sp³-hybridized carbons (Fsp3) is 0.273. The van der Waals surface area contributed by atoms with Crippen LogP contribution in [0, 0.1) is 22.7 Å². The van der Waals surface area contributed by atoms with Crippen LogP contribution in [0.4, 0.5) is 5.69 Å². The van der Waals surface area contributed by atoms with Gasteiger partial charge in [-0.05, 0) is 31.5 Å². The Balaban J connectivity index is 1.68. The van der Waals surface area contributed by atoms with Crippen molar-refractivity contribution in [3.63, 3.8) is 0 Å². The predicted octanol–water partition coefficient (Wildman–Crippen LogP) is 2.46. The second kappa shape index (κ2) is 9.55. The number of amides is 1. The number of carbonyl (C=O) groups is 1. The summed E-state index contributed by atoms with van der Waals surface area (Å²) in [4.78, 5) is 19.3. The van der Waals surface area contributed by atoms with Crippen molar-refractivity contribution in [2.75, 3.05) is 18.4 Å². The Kier molecular flexibility index (Phi) is 6.63. The molecule has 8 nitrogen and oxygen atoms in total. The van der Waals surface area contributed by atoms with Crippen LogP contribution in [0.5, 0.6) is 0 Å². The van der Waals surface area contributed by atoms with Gasteiger partial charge in [-0.15, -0.1) is 0 Å². The van der Waals surface area contributed by atoms with Crippen molar-refractivity contribution in [2.24, 2.45) is 0 Å². The van der Waals surface area contributed by atoms with Crippen LogP contribution >= 0.6 is 0 Å². The van der Waals surface area contributed by atoms with Crippen molar-refractivity contribution >= 4 is 11.6 Å². The SMILES string of the molecule is CC1=C(C#N)C(c2cccc(NC(=O)CNCCc3cnc[nH]3)c2)C(C#N)=C(C)N1. The van der Waals surface area contributed by atoms with Gasteiger partial charge in [0.05, 0.1) is 42.1 Å². The number of nitrogens with one attached hydrogen (secondary N) is 4. The molecule has 1 amide bonds. The highest BCUT2D eigenvalue weighted by molar-refractivity contribution is 5.92. The lowest BCUT2D eigenvalue weighted by Crippen LogP contribution is -2.29. The molecule has 0 saturated carbocycles. The average Bonchev–Trinajstić information content (AvgIpc) is 3.24. The lowest BCUT2D eigenvalue weighted by atomic mass is 9.81. The van der Waals surface area contributed by atoms with Gasteiger partial charge in [-0.1, -0.05) is 12.1 Å². The van der Waals surface area contributed by atoms with Gasteiger partial charge >= 0.3 is 0 Å². The minimum Gasteiger partial charge on any atom is -0.361 e. The summed E-state index contributed by atoms with van der Waals surface area (Å²) in [6, 6.07) is 11.7. The summed E-state index contributed by atoms with van der Waals surface area (Å²) in [7, 11) is 0. The fourth-order valence-corrected chi connectivity index (χ4v) is 3.47. The van der Waals surface area contributed by atoms with Crippen molar-refractivity contribution in [2.45, 2.75) is 26.2 Å². The number of dihydropyridines is 1. The summed E-state index contributed by atoms with van der Waals surface area (Å²) in [5.74, 6) is -0.618. The number of imidazole rings is 1. The van der Waals surface area contributed by atoms with Crippen LogP contribution in [0.1, 0.15) is 31.0 Å². The molecule has 0 radical (unpaired) electrons. The molecule has 30 heavy (non-hydrogen) atoms. The number of benzene rings is 1. The van der Waals surface area contributed by atoms with E-state index in [-0.39, 0.29) is 12.5 Å². The first kappa shape index (κ1) is 20.8. The zero-order chi connectivity index (χ0) is 21.5. The highest BCUT2D eigenvalue weighted by atomic mass is 16.1. The Morgan fingerprint density at radius 1 is 1.20 bits per heavy atom. The number of aromatic nitrogens is 2. The largest absolute Gasteiger partial charge is 0.361 e. The van der Waals surface area contributed by atoms with E-state index in [1.807, 2.05) is 32.0 Å². The summed E-state index contributed by atoms with van der Waals surface area (Å²) in [6.45, 7) is 4.47. The van der Waals surface area contributed by atoms with Gasteiger partial charge in [-0.3, -0.25) is 4.79 Å². The van der Waals surface area contributed by atoms with Gasteiger partial charge < -0.3 is 20.9 Å². The number of aromatic amines is 1. The number of carbonyl (C=O) groups excluding carboxylic acids is 1. The van der Waals surface area contributed by atoms with Crippen LogP contribution in [0.2, 0.25) is 0 Å². The van der Waals surface area contributed by atoms with E-state index < -0.39 is 5.92 Å². The molecule has 0 spiro atoms. The molecule has 152 valence electrons. The number of hydrogen-bond acceptors (Lipinski definition) is 6. The zero-order valence-corrected chi connectivity index (χ0v) is 16.9. The van der Waals surface area contributed by atoms with E-state index in [9.17, 15) is 15.3 Å². The van der Waals surface area contributed by atoms with E-state index in [2.05, 4.69) is 38.1 Å². The van der Waals surface area contributed by atoms with Crippen LogP contribution < -0.4 is 16.0 Å². The molecule has 0 fully saturated rings. The van der Waals surface area contributed by atoms with Crippen LogP contribution in [-0.2, 0) is 11.2 Å². The molecule has 1 aliphatic rings. The first-order chi connectivity index (χ1) is 14.5. The molecule has 2 heterocycles. The minimum absolute atomic E-state index is 0.165. The Bertz CT molecular complexity index is 1030. The third kappa shape index (κ3) is 4.75. The van der Waals surface area contributed by atoms with Gasteiger partial charge in [0, 0.05) is 41.9 Å². The summed E-state index contributed by atoms with van der Waals surface area (Å²) in [5, 5.41) is 28.3. The Morgan fingerprint density at radius 3 is 2.57 bits per heavy atom. The lowest BCUT2D eigenvalue weighted by Gasteiger charge is -2.26. The summed E-state index contributed by atoms with van der Waals surface area (Å²) in [6.07, 6.45) is 4.13. The molecular weight excluding hydrogens is 378 g/mol. The van der Waals surface area contributed by atoms with Crippen LogP contribution in [0.15, 0.2) is 59.3 Å². The van der Waals surface area contributed by atoms with E-state index in [1.54, 1.807) is 18.6 Å². The van der Waals surface area contributed by atoms with Crippen LogP contribution in [0.25, 0.3) is 0 Å². The van der Waals surface area contributed by atoms with E-state index >= 15 is 0 Å². The van der Waals surface area contributed by atoms with Gasteiger partial charge in [-0.2, -0.15) is 10.5 Å². The maximum absolute atomic E-state index is 12.3. The summed E-state index contributed by atoms with van der Waals surface area (Å²) >= 11 is 0. The molecule has 0 unspecified atom stereocenters. The molecule has 1 aliphatic heterocycles. The smallest absolute Gasteiger partial charge is 0.238 e. The number of nitrogens with zero attached hydrogens (tertiary/aromatic N) is 3. The Labute approximate surface area is 175 Å². The molecular formula is C22H23N7O. The summed E-state index contributed by atoms with van der Waals surface area (Å²) in [5.41, 5.74) is 4.88. The molecule has 0 aliphatic carbocycles. The fourth-order valence-electron chi connectivity index (χ4n) is 3.47. The van der Waals surface area contributed by atoms with E-state index in [0.717, 1.165) is 29.1 Å². The standard InChI is InChI=1S/C22H23N7O/c1-14-19(9-23)22(20(10-24)15(2)28-14)16-4-3-5-17(8-16)29-21(30)12-25-7-6-18-11-26-13-27-18/h3-5,8,11,13,22,25,28H,6-7,12H2,1-2H3,(H,26,27)(H,29,30). The van der Waals surface area contributed by atoms with Gasteiger partial charge in [-0.25, -0.2) is 4.98 Å². The molecule has 0 atom stereocenters. The highest BCUT2D eigenvalue weighted by Gasteiger charge is 2.29. The number of allylic oxidation sites excluding steroid dienone is 4. The van der Waals surface area contributed by atoms with Gasteiger partial charge in [0.25, 0.3) is 0 Å². The Hall–Kier alpha value is -3.88. The zero-order valence-electron chi connectivity index (χ0n) is 16.9. The molecule has 0 bridgehead atoms. The monoisotopic (exact) mass is 401 g/mol.